The van der Waals surface area contributed by atoms with Gasteiger partial charge >= 0.3 is 24.3 Å². The van der Waals surface area contributed by atoms with Crippen LogP contribution in [0.4, 0.5) is 32.0 Å². The van der Waals surface area contributed by atoms with E-state index < -0.39 is 30.3 Å². The lowest BCUT2D eigenvalue weighted by Gasteiger charge is -2.36. The number of amides is 1. The monoisotopic (exact) mass is 633 g/mol. The molecule has 44 heavy (non-hydrogen) atoms. The summed E-state index contributed by atoms with van der Waals surface area (Å²) in [5.74, 6) is -5.23. The number of benzene rings is 1. The van der Waals surface area contributed by atoms with Gasteiger partial charge in [0.25, 0.3) is 0 Å². The van der Waals surface area contributed by atoms with E-state index in [1.165, 1.54) is 5.56 Å². The van der Waals surface area contributed by atoms with Crippen LogP contribution in [-0.2, 0) is 27.3 Å². The minimum Gasteiger partial charge on any atom is -0.480 e. The largest absolute Gasteiger partial charge is 0.490 e. The lowest BCUT2D eigenvalue weighted by Crippen LogP contribution is -2.42. The summed E-state index contributed by atoms with van der Waals surface area (Å²) in [5.41, 5.74) is 3.69. The SMILES string of the molecule is COc1ncccc1NC(=O)C1c2c(ncn2C(C)C)CCN1Cc1ccccc1.O=C(O)C(F)(F)F.O=C(O)C(F)(F)F. The number of carboxylic acids is 2. The Morgan fingerprint density at radius 1 is 0.977 bits per heavy atom. The summed E-state index contributed by atoms with van der Waals surface area (Å²) < 4.78 is 70.9. The highest BCUT2D eigenvalue weighted by Crippen LogP contribution is 2.34. The zero-order chi connectivity index (χ0) is 33.2. The van der Waals surface area contributed by atoms with Crippen LogP contribution in [0.1, 0.15) is 42.9 Å². The van der Waals surface area contributed by atoms with Gasteiger partial charge < -0.3 is 24.8 Å². The number of ether oxygens (including phenoxy) is 1. The van der Waals surface area contributed by atoms with E-state index >= 15 is 0 Å². The first kappa shape index (κ1) is 35.5. The van der Waals surface area contributed by atoms with Crippen LogP contribution in [0.25, 0.3) is 0 Å². The number of fused-ring (bicyclic) bond motifs is 1. The summed E-state index contributed by atoms with van der Waals surface area (Å²) in [6.45, 7) is 5.67. The number of anilines is 1. The van der Waals surface area contributed by atoms with Crippen LogP contribution in [0.3, 0.4) is 0 Å². The van der Waals surface area contributed by atoms with Crippen molar-refractivity contribution in [3.8, 4) is 5.88 Å². The number of alkyl halides is 6. The van der Waals surface area contributed by atoms with E-state index in [0.29, 0.717) is 18.1 Å². The van der Waals surface area contributed by atoms with E-state index in [1.54, 1.807) is 25.4 Å². The average molecular weight is 634 g/mol. The summed E-state index contributed by atoms with van der Waals surface area (Å²) in [6.07, 6.45) is -5.85. The normalized spacial score (nSPS) is 14.7. The van der Waals surface area contributed by atoms with Crippen LogP contribution in [0.15, 0.2) is 55.0 Å². The Kier molecular flexibility index (Phi) is 12.3. The van der Waals surface area contributed by atoms with Gasteiger partial charge in [0.2, 0.25) is 11.8 Å². The third-order valence-corrected chi connectivity index (χ3v) is 5.91. The van der Waals surface area contributed by atoms with Crippen molar-refractivity contribution >= 4 is 23.5 Å². The van der Waals surface area contributed by atoms with Crippen molar-refractivity contribution in [2.45, 2.75) is 51.2 Å². The minimum atomic E-state index is -5.08. The number of rotatable bonds is 6. The fraction of sp³-hybridized carbons (Fsp3) is 0.370. The van der Waals surface area contributed by atoms with E-state index in [1.807, 2.05) is 24.5 Å². The second-order valence-electron chi connectivity index (χ2n) is 9.34. The highest BCUT2D eigenvalue weighted by Gasteiger charge is 2.39. The van der Waals surface area contributed by atoms with Gasteiger partial charge in [0, 0.05) is 31.7 Å². The molecule has 0 bridgehead atoms. The molecule has 0 saturated carbocycles. The molecule has 0 aliphatic carbocycles. The van der Waals surface area contributed by atoms with Crippen molar-refractivity contribution in [2.24, 2.45) is 0 Å². The summed E-state index contributed by atoms with van der Waals surface area (Å²) in [7, 11) is 1.55. The Morgan fingerprint density at radius 3 is 2.05 bits per heavy atom. The van der Waals surface area contributed by atoms with Gasteiger partial charge in [0.15, 0.2) is 0 Å². The molecule has 3 N–H and O–H groups in total. The van der Waals surface area contributed by atoms with E-state index in [-0.39, 0.29) is 11.9 Å². The zero-order valence-electron chi connectivity index (χ0n) is 23.6. The first-order valence-corrected chi connectivity index (χ1v) is 12.7. The number of aliphatic carboxylic acids is 2. The summed E-state index contributed by atoms with van der Waals surface area (Å²) >= 11 is 0. The molecule has 4 rings (SSSR count). The van der Waals surface area contributed by atoms with Gasteiger partial charge in [-0.25, -0.2) is 19.6 Å². The maximum Gasteiger partial charge on any atom is 0.490 e. The summed E-state index contributed by atoms with van der Waals surface area (Å²) in [4.78, 5) is 42.4. The molecule has 1 unspecified atom stereocenters. The number of hydrogen-bond acceptors (Lipinski definition) is 7. The Labute approximate surface area is 247 Å². The molecule has 0 saturated heterocycles. The number of carboxylic acid groups (broad SMARTS) is 2. The molecule has 3 heterocycles. The predicted octanol–water partition coefficient (Wildman–Crippen LogP) is 4.87. The van der Waals surface area contributed by atoms with Crippen LogP contribution >= 0.6 is 0 Å². The first-order chi connectivity index (χ1) is 20.5. The minimum absolute atomic E-state index is 0.111. The number of pyridine rings is 1. The van der Waals surface area contributed by atoms with Crippen molar-refractivity contribution < 1.29 is 55.7 Å². The second-order valence-corrected chi connectivity index (χ2v) is 9.34. The van der Waals surface area contributed by atoms with Crippen molar-refractivity contribution in [2.75, 3.05) is 19.0 Å². The summed E-state index contributed by atoms with van der Waals surface area (Å²) in [6, 6.07) is 13.6. The van der Waals surface area contributed by atoms with Gasteiger partial charge in [0.1, 0.15) is 11.7 Å². The molecular weight excluding hydrogens is 604 g/mol. The van der Waals surface area contributed by atoms with Crippen molar-refractivity contribution in [3.63, 3.8) is 0 Å². The number of halogens is 6. The Morgan fingerprint density at radius 2 is 1.55 bits per heavy atom. The molecule has 1 atom stereocenters. The maximum absolute atomic E-state index is 13.6. The molecule has 1 aliphatic heterocycles. The van der Waals surface area contributed by atoms with E-state index in [2.05, 4.69) is 50.7 Å². The first-order valence-electron chi connectivity index (χ1n) is 12.7. The Bertz CT molecular complexity index is 1390. The van der Waals surface area contributed by atoms with Gasteiger partial charge in [-0.3, -0.25) is 9.69 Å². The molecular formula is C27H29F6N5O6. The van der Waals surface area contributed by atoms with Gasteiger partial charge in [-0.1, -0.05) is 30.3 Å². The molecule has 2 aromatic heterocycles. The zero-order valence-corrected chi connectivity index (χ0v) is 23.6. The highest BCUT2D eigenvalue weighted by molar-refractivity contribution is 5.96. The summed E-state index contributed by atoms with van der Waals surface area (Å²) in [5, 5.41) is 17.3. The molecule has 3 aromatic rings. The lowest BCUT2D eigenvalue weighted by atomic mass is 9.99. The van der Waals surface area contributed by atoms with Crippen LogP contribution in [0.2, 0.25) is 0 Å². The van der Waals surface area contributed by atoms with Crippen molar-refractivity contribution in [1.82, 2.24) is 19.4 Å². The molecule has 1 aromatic carbocycles. The topological polar surface area (TPSA) is 147 Å². The van der Waals surface area contributed by atoms with Crippen LogP contribution < -0.4 is 10.1 Å². The van der Waals surface area contributed by atoms with Crippen LogP contribution in [-0.4, -0.2) is 73.5 Å². The standard InChI is InChI=1S/C23H27N5O2.2C2HF3O2/c1-16(2)28-15-25-18-11-13-27(14-17-8-5-4-6-9-17)21(20(18)28)22(29)26-19-10-7-12-24-23(19)30-3;2*3-2(4,5)1(6)7/h4-10,12,15-16,21H,11,13-14H2,1-3H3,(H,26,29);2*(H,6,7). The number of imidazole rings is 1. The quantitative estimate of drug-likeness (QED) is 0.324. The van der Waals surface area contributed by atoms with Crippen molar-refractivity contribution in [3.05, 3.63) is 71.9 Å². The van der Waals surface area contributed by atoms with E-state index in [0.717, 1.165) is 24.4 Å². The van der Waals surface area contributed by atoms with Crippen molar-refractivity contribution in [1.29, 1.82) is 0 Å². The molecule has 1 amide bonds. The van der Waals surface area contributed by atoms with Crippen LogP contribution in [0, 0.1) is 0 Å². The third-order valence-electron chi connectivity index (χ3n) is 5.91. The molecule has 17 heteroatoms. The molecule has 0 spiro atoms. The average Bonchev–Trinajstić information content (AvgIpc) is 3.38. The number of carbonyl (C=O) groups excluding carboxylic acids is 1. The Balaban J connectivity index is 0.000000402. The smallest absolute Gasteiger partial charge is 0.480 e. The number of methoxy groups -OCH3 is 1. The number of nitrogens with zero attached hydrogens (tertiary/aromatic N) is 4. The van der Waals surface area contributed by atoms with Gasteiger partial charge in [-0.15, -0.1) is 0 Å². The number of carbonyl (C=O) groups is 3. The molecule has 0 fully saturated rings. The third kappa shape index (κ3) is 9.96. The van der Waals surface area contributed by atoms with Gasteiger partial charge in [0.05, 0.1) is 24.8 Å². The van der Waals surface area contributed by atoms with Crippen LogP contribution in [0.5, 0.6) is 5.88 Å². The second kappa shape index (κ2) is 15.2. The van der Waals surface area contributed by atoms with E-state index in [9.17, 15) is 31.1 Å². The number of hydrogen-bond donors (Lipinski definition) is 3. The Hall–Kier alpha value is -4.67. The van der Waals surface area contributed by atoms with E-state index in [4.69, 9.17) is 24.5 Å². The van der Waals surface area contributed by atoms with Gasteiger partial charge in [-0.05, 0) is 31.5 Å². The number of nitrogens with one attached hydrogen (secondary N) is 1. The maximum atomic E-state index is 13.6. The molecule has 1 aliphatic rings. The molecule has 0 radical (unpaired) electrons. The fourth-order valence-corrected chi connectivity index (χ4v) is 3.99. The lowest BCUT2D eigenvalue weighted by molar-refractivity contribution is -0.193. The fourth-order valence-electron chi connectivity index (χ4n) is 3.99. The number of aromatic nitrogens is 3. The van der Waals surface area contributed by atoms with Gasteiger partial charge in [-0.2, -0.15) is 26.3 Å². The molecule has 11 nitrogen and oxygen atoms in total. The highest BCUT2D eigenvalue weighted by atomic mass is 19.4. The predicted molar refractivity (Wildman–Crippen MR) is 143 cm³/mol. The molecule has 240 valence electrons.